The van der Waals surface area contributed by atoms with Gasteiger partial charge in [0.1, 0.15) is 5.69 Å². The predicted molar refractivity (Wildman–Crippen MR) is 98.9 cm³/mol. The van der Waals surface area contributed by atoms with Crippen LogP contribution < -0.4 is 5.32 Å². The molecule has 0 aromatic carbocycles. The number of piperidine rings is 1. The van der Waals surface area contributed by atoms with Gasteiger partial charge in [-0.05, 0) is 38.5 Å². The van der Waals surface area contributed by atoms with Crippen molar-refractivity contribution in [2.45, 2.75) is 32.7 Å². The van der Waals surface area contributed by atoms with Gasteiger partial charge in [-0.25, -0.2) is 0 Å². The van der Waals surface area contributed by atoms with E-state index in [9.17, 15) is 4.79 Å². The van der Waals surface area contributed by atoms with E-state index in [4.69, 9.17) is 4.74 Å². The van der Waals surface area contributed by atoms with Gasteiger partial charge in [0.15, 0.2) is 0 Å². The Morgan fingerprint density at radius 3 is 2.80 bits per heavy atom. The van der Waals surface area contributed by atoms with E-state index in [2.05, 4.69) is 29.2 Å². The molecule has 1 aromatic rings. The van der Waals surface area contributed by atoms with Crippen LogP contribution in [0, 0.1) is 0 Å². The highest BCUT2D eigenvalue weighted by Gasteiger charge is 2.21. The topological polar surface area (TPSA) is 62.6 Å². The molecule has 0 saturated carbocycles. The Balaban J connectivity index is 2.00. The maximum Gasteiger partial charge on any atom is 0.274 e. The van der Waals surface area contributed by atoms with Gasteiger partial charge in [-0.2, -0.15) is 5.10 Å². The molecule has 1 aliphatic heterocycles. The van der Waals surface area contributed by atoms with Gasteiger partial charge in [0, 0.05) is 39.5 Å². The van der Waals surface area contributed by atoms with Gasteiger partial charge in [0.25, 0.3) is 5.91 Å². The van der Waals surface area contributed by atoms with E-state index in [-0.39, 0.29) is 5.91 Å². The Morgan fingerprint density at radius 2 is 2.16 bits per heavy atom. The summed E-state index contributed by atoms with van der Waals surface area (Å²) in [4.78, 5) is 17.1. The van der Waals surface area contributed by atoms with Crippen LogP contribution in [0.15, 0.2) is 12.3 Å². The van der Waals surface area contributed by atoms with E-state index < -0.39 is 0 Å². The molecular weight excluding hydrogens is 318 g/mol. The van der Waals surface area contributed by atoms with Crippen molar-refractivity contribution in [3.8, 4) is 0 Å². The molecule has 1 atom stereocenters. The molecule has 1 aliphatic rings. The van der Waals surface area contributed by atoms with Gasteiger partial charge in [-0.15, -0.1) is 0 Å². The second kappa shape index (κ2) is 10.5. The number of methoxy groups -OCH3 is 1. The van der Waals surface area contributed by atoms with E-state index in [1.165, 1.54) is 0 Å². The summed E-state index contributed by atoms with van der Waals surface area (Å²) >= 11 is 0. The number of nitrogens with zero attached hydrogens (tertiary/aromatic N) is 4. The summed E-state index contributed by atoms with van der Waals surface area (Å²) in [5.41, 5.74) is 0.529. The Bertz CT molecular complexity index is 509. The van der Waals surface area contributed by atoms with E-state index >= 15 is 0 Å². The molecule has 1 unspecified atom stereocenters. The summed E-state index contributed by atoms with van der Waals surface area (Å²) in [5, 5.41) is 7.95. The average Bonchev–Trinajstić information content (AvgIpc) is 3.15. The number of aromatic nitrogens is 2. The van der Waals surface area contributed by atoms with Crippen molar-refractivity contribution >= 4 is 5.91 Å². The fourth-order valence-corrected chi connectivity index (χ4v) is 3.20. The quantitative estimate of drug-likeness (QED) is 0.687. The highest BCUT2D eigenvalue weighted by atomic mass is 16.5. The summed E-state index contributed by atoms with van der Waals surface area (Å²) in [5.74, 6) is -0.00766. The standard InChI is InChI=1S/C18H33N5O2/c1-4-21(5-2)11-12-22(13-14-25-3)18(24)17-8-10-23(20-17)16-7-6-9-19-15-16/h8,10,16,19H,4-7,9,11-15H2,1-3H3. The lowest BCUT2D eigenvalue weighted by Crippen LogP contribution is -2.40. The zero-order chi connectivity index (χ0) is 18.1. The van der Waals surface area contributed by atoms with E-state index in [0.29, 0.717) is 31.4 Å². The summed E-state index contributed by atoms with van der Waals surface area (Å²) in [6.07, 6.45) is 4.19. The molecular formula is C18H33N5O2. The zero-order valence-corrected chi connectivity index (χ0v) is 15.9. The smallest absolute Gasteiger partial charge is 0.274 e. The molecule has 2 rings (SSSR count). The molecule has 25 heavy (non-hydrogen) atoms. The van der Waals surface area contributed by atoms with Crippen LogP contribution in [-0.2, 0) is 4.74 Å². The van der Waals surface area contributed by atoms with Crippen LogP contribution in [0.1, 0.15) is 43.2 Å². The third-order valence-corrected chi connectivity index (χ3v) is 4.91. The van der Waals surface area contributed by atoms with Crippen LogP contribution in [0.5, 0.6) is 0 Å². The molecule has 1 aromatic heterocycles. The molecule has 142 valence electrons. The lowest BCUT2D eigenvalue weighted by atomic mass is 10.1. The maximum absolute atomic E-state index is 12.9. The number of amides is 1. The predicted octanol–water partition coefficient (Wildman–Crippen LogP) is 1.24. The van der Waals surface area contributed by atoms with Crippen molar-refractivity contribution < 1.29 is 9.53 Å². The molecule has 1 amide bonds. The summed E-state index contributed by atoms with van der Waals surface area (Å²) in [6, 6.07) is 2.19. The molecule has 0 bridgehead atoms. The van der Waals surface area contributed by atoms with Gasteiger partial charge in [0.2, 0.25) is 0 Å². The number of rotatable bonds is 10. The minimum atomic E-state index is -0.00766. The van der Waals surface area contributed by atoms with Crippen LogP contribution in [0.2, 0.25) is 0 Å². The third kappa shape index (κ3) is 5.80. The lowest BCUT2D eigenvalue weighted by molar-refractivity contribution is 0.0667. The Kier molecular flexibility index (Phi) is 8.37. The summed E-state index contributed by atoms with van der Waals surface area (Å²) < 4.78 is 7.12. The molecule has 7 nitrogen and oxygen atoms in total. The number of carbonyl (C=O) groups is 1. The molecule has 0 radical (unpaired) electrons. The van der Waals surface area contributed by atoms with Gasteiger partial charge in [-0.3, -0.25) is 9.48 Å². The summed E-state index contributed by atoms with van der Waals surface area (Å²) in [7, 11) is 1.66. The Labute approximate surface area is 151 Å². The van der Waals surface area contributed by atoms with Crippen LogP contribution >= 0.6 is 0 Å². The van der Waals surface area contributed by atoms with Gasteiger partial charge in [-0.1, -0.05) is 13.8 Å². The molecule has 1 fully saturated rings. The first-order valence-corrected chi connectivity index (χ1v) is 9.46. The number of hydrogen-bond acceptors (Lipinski definition) is 5. The van der Waals surface area contributed by atoms with E-state index in [0.717, 1.165) is 45.6 Å². The monoisotopic (exact) mass is 351 g/mol. The highest BCUT2D eigenvalue weighted by molar-refractivity contribution is 5.92. The highest BCUT2D eigenvalue weighted by Crippen LogP contribution is 2.16. The molecule has 0 aliphatic carbocycles. The van der Waals surface area contributed by atoms with E-state index in [1.807, 2.05) is 21.8 Å². The van der Waals surface area contributed by atoms with Crippen LogP contribution in [0.25, 0.3) is 0 Å². The number of carbonyl (C=O) groups excluding carboxylic acids is 1. The number of likely N-dealkylation sites (N-methyl/N-ethyl adjacent to an activating group) is 1. The first kappa shape index (κ1) is 19.9. The zero-order valence-electron chi connectivity index (χ0n) is 15.9. The molecule has 1 N–H and O–H groups in total. The molecule has 2 heterocycles. The normalized spacial score (nSPS) is 17.8. The van der Waals surface area contributed by atoms with Crippen LogP contribution in [-0.4, -0.2) is 85.0 Å². The SMILES string of the molecule is CCN(CC)CCN(CCOC)C(=O)c1ccn(C2CCCNC2)n1. The minimum Gasteiger partial charge on any atom is -0.383 e. The largest absolute Gasteiger partial charge is 0.383 e. The molecule has 0 spiro atoms. The van der Waals surface area contributed by atoms with Gasteiger partial charge >= 0.3 is 0 Å². The fraction of sp³-hybridized carbons (Fsp3) is 0.778. The van der Waals surface area contributed by atoms with Crippen molar-refractivity contribution in [3.63, 3.8) is 0 Å². The van der Waals surface area contributed by atoms with Gasteiger partial charge in [0.05, 0.1) is 12.6 Å². The average molecular weight is 351 g/mol. The second-order valence-corrected chi connectivity index (χ2v) is 6.49. The van der Waals surface area contributed by atoms with Crippen molar-refractivity contribution in [2.75, 3.05) is 59.5 Å². The number of hydrogen-bond donors (Lipinski definition) is 1. The Morgan fingerprint density at radius 1 is 1.36 bits per heavy atom. The van der Waals surface area contributed by atoms with Crippen molar-refractivity contribution in [1.82, 2.24) is 24.9 Å². The Hall–Kier alpha value is -1.44. The third-order valence-electron chi connectivity index (χ3n) is 4.91. The van der Waals surface area contributed by atoms with Crippen LogP contribution in [0.3, 0.4) is 0 Å². The van der Waals surface area contributed by atoms with Crippen molar-refractivity contribution in [2.24, 2.45) is 0 Å². The first-order chi connectivity index (χ1) is 12.2. The van der Waals surface area contributed by atoms with Gasteiger partial charge < -0.3 is 19.9 Å². The first-order valence-electron chi connectivity index (χ1n) is 9.46. The fourth-order valence-electron chi connectivity index (χ4n) is 3.20. The lowest BCUT2D eigenvalue weighted by Gasteiger charge is -2.26. The van der Waals surface area contributed by atoms with Crippen molar-refractivity contribution in [3.05, 3.63) is 18.0 Å². The van der Waals surface area contributed by atoms with E-state index in [1.54, 1.807) is 7.11 Å². The second-order valence-electron chi connectivity index (χ2n) is 6.49. The molecule has 1 saturated heterocycles. The number of nitrogens with one attached hydrogen (secondary N) is 1. The maximum atomic E-state index is 12.9. The summed E-state index contributed by atoms with van der Waals surface area (Å²) in [6.45, 7) is 11.0. The van der Waals surface area contributed by atoms with Crippen LogP contribution in [0.4, 0.5) is 0 Å². The number of ether oxygens (including phenoxy) is 1. The van der Waals surface area contributed by atoms with Crippen molar-refractivity contribution in [1.29, 1.82) is 0 Å². The minimum absolute atomic E-state index is 0.00766. The molecule has 7 heteroatoms.